The summed E-state index contributed by atoms with van der Waals surface area (Å²) in [5.74, 6) is -0.564. The zero-order valence-corrected chi connectivity index (χ0v) is 8.29. The Morgan fingerprint density at radius 3 is 2.44 bits per heavy atom. The number of aromatic nitrogens is 1. The Labute approximate surface area is 91.8 Å². The first-order chi connectivity index (χ1) is 7.68. The highest BCUT2D eigenvalue weighted by Gasteiger charge is 2.13. The summed E-state index contributed by atoms with van der Waals surface area (Å²) >= 11 is 0. The van der Waals surface area contributed by atoms with Crippen molar-refractivity contribution in [2.75, 3.05) is 0 Å². The summed E-state index contributed by atoms with van der Waals surface area (Å²) in [5.41, 5.74) is 0.488. The maximum Gasteiger partial charge on any atom is 0.196 e. The molecular formula is C12H9NO3. The minimum Gasteiger partial charge on any atom is -0.508 e. The van der Waals surface area contributed by atoms with E-state index in [0.717, 1.165) is 0 Å². The highest BCUT2D eigenvalue weighted by molar-refractivity contribution is 6.10. The molecule has 2 N–H and O–H groups in total. The lowest BCUT2D eigenvalue weighted by Gasteiger charge is -2.04. The Morgan fingerprint density at radius 2 is 1.75 bits per heavy atom. The number of hydrogen-bond donors (Lipinski definition) is 2. The number of rotatable bonds is 2. The van der Waals surface area contributed by atoms with Crippen molar-refractivity contribution in [3.05, 3.63) is 53.9 Å². The minimum absolute atomic E-state index is 0.0600. The molecule has 2 rings (SSSR count). The fourth-order valence-corrected chi connectivity index (χ4v) is 1.36. The average molecular weight is 215 g/mol. The van der Waals surface area contributed by atoms with Gasteiger partial charge in [-0.05, 0) is 30.3 Å². The largest absolute Gasteiger partial charge is 0.508 e. The molecule has 0 aliphatic heterocycles. The second kappa shape index (κ2) is 4.02. The number of nitrogens with zero attached hydrogens (tertiary/aromatic N) is 1. The van der Waals surface area contributed by atoms with Gasteiger partial charge >= 0.3 is 0 Å². The second-order valence-electron chi connectivity index (χ2n) is 3.27. The topological polar surface area (TPSA) is 70.4 Å². The Kier molecular flexibility index (Phi) is 2.55. The number of aromatic hydroxyl groups is 2. The zero-order chi connectivity index (χ0) is 11.5. The summed E-state index contributed by atoms with van der Waals surface area (Å²) in [7, 11) is 0. The molecule has 1 aromatic carbocycles. The monoisotopic (exact) mass is 215 g/mol. The van der Waals surface area contributed by atoms with Crippen molar-refractivity contribution >= 4 is 5.78 Å². The number of hydrogen-bond acceptors (Lipinski definition) is 4. The van der Waals surface area contributed by atoms with Gasteiger partial charge in [-0.25, -0.2) is 0 Å². The molecule has 0 aliphatic rings. The highest BCUT2D eigenvalue weighted by atomic mass is 16.3. The van der Waals surface area contributed by atoms with Crippen molar-refractivity contribution in [3.8, 4) is 11.5 Å². The van der Waals surface area contributed by atoms with Gasteiger partial charge in [0.2, 0.25) is 0 Å². The van der Waals surface area contributed by atoms with Gasteiger partial charge in [0.25, 0.3) is 0 Å². The lowest BCUT2D eigenvalue weighted by molar-refractivity contribution is 0.103. The summed E-state index contributed by atoms with van der Waals surface area (Å²) < 4.78 is 0. The first-order valence-corrected chi connectivity index (χ1v) is 4.65. The number of carbonyl (C=O) groups excluding carboxylic acids is 1. The van der Waals surface area contributed by atoms with E-state index in [9.17, 15) is 15.0 Å². The number of phenolic OH excluding ortho intramolecular Hbond substituents is 2. The van der Waals surface area contributed by atoms with Crippen LogP contribution in [-0.2, 0) is 0 Å². The summed E-state index contributed by atoms with van der Waals surface area (Å²) in [6.07, 6.45) is 2.99. The summed E-state index contributed by atoms with van der Waals surface area (Å²) in [4.78, 5) is 15.7. The third-order valence-corrected chi connectivity index (χ3v) is 2.17. The number of benzene rings is 1. The Morgan fingerprint density at radius 1 is 1.06 bits per heavy atom. The molecule has 16 heavy (non-hydrogen) atoms. The van der Waals surface area contributed by atoms with Crippen molar-refractivity contribution in [3.63, 3.8) is 0 Å². The minimum atomic E-state index is -0.351. The highest BCUT2D eigenvalue weighted by Crippen LogP contribution is 2.24. The lowest BCUT2D eigenvalue weighted by atomic mass is 10.0. The zero-order valence-electron chi connectivity index (χ0n) is 8.29. The molecule has 4 nitrogen and oxygen atoms in total. The molecule has 0 saturated carbocycles. The second-order valence-corrected chi connectivity index (χ2v) is 3.27. The lowest BCUT2D eigenvalue weighted by Crippen LogP contribution is -2.01. The van der Waals surface area contributed by atoms with Crippen molar-refractivity contribution in [2.24, 2.45) is 0 Å². The summed E-state index contributed by atoms with van der Waals surface area (Å²) in [6, 6.07) is 6.93. The Balaban J connectivity index is 2.46. The van der Waals surface area contributed by atoms with Crippen molar-refractivity contribution in [2.45, 2.75) is 0 Å². The molecule has 1 heterocycles. The normalized spacial score (nSPS) is 10.0. The van der Waals surface area contributed by atoms with Crippen LogP contribution in [0.5, 0.6) is 11.5 Å². The van der Waals surface area contributed by atoms with Crippen LogP contribution in [-0.4, -0.2) is 21.0 Å². The predicted molar refractivity (Wildman–Crippen MR) is 57.4 cm³/mol. The molecule has 0 atom stereocenters. The third kappa shape index (κ3) is 1.86. The van der Waals surface area contributed by atoms with Gasteiger partial charge in [0.05, 0.1) is 5.56 Å². The fraction of sp³-hybridized carbons (Fsp3) is 0. The van der Waals surface area contributed by atoms with E-state index in [2.05, 4.69) is 4.98 Å². The molecule has 0 radical (unpaired) electrons. The average Bonchev–Trinajstić information content (AvgIpc) is 2.32. The molecule has 0 amide bonds. The first kappa shape index (κ1) is 10.2. The Bertz CT molecular complexity index is 523. The molecule has 0 unspecified atom stereocenters. The van der Waals surface area contributed by atoms with Crippen LogP contribution >= 0.6 is 0 Å². The SMILES string of the molecule is O=C(c1ccncc1)c1cc(O)ccc1O. The molecule has 1 aromatic heterocycles. The number of pyridine rings is 1. The molecule has 4 heteroatoms. The van der Waals surface area contributed by atoms with Gasteiger partial charge in [0.1, 0.15) is 11.5 Å². The number of phenols is 2. The molecule has 0 aliphatic carbocycles. The van der Waals surface area contributed by atoms with Crippen molar-refractivity contribution in [1.82, 2.24) is 4.98 Å². The number of carbonyl (C=O) groups is 1. The maximum absolute atomic E-state index is 11.9. The molecule has 0 saturated heterocycles. The van der Waals surface area contributed by atoms with Gasteiger partial charge in [-0.2, -0.15) is 0 Å². The van der Waals surface area contributed by atoms with Crippen LogP contribution in [0.2, 0.25) is 0 Å². The molecular weight excluding hydrogens is 206 g/mol. The molecule has 0 spiro atoms. The van der Waals surface area contributed by atoms with Gasteiger partial charge in [-0.1, -0.05) is 0 Å². The molecule has 2 aromatic rings. The van der Waals surface area contributed by atoms with Crippen LogP contribution in [0.15, 0.2) is 42.7 Å². The standard InChI is InChI=1S/C12H9NO3/c14-9-1-2-11(15)10(7-9)12(16)8-3-5-13-6-4-8/h1-7,14-15H. The predicted octanol–water partition coefficient (Wildman–Crippen LogP) is 1.72. The van der Waals surface area contributed by atoms with Crippen LogP contribution in [0.3, 0.4) is 0 Å². The molecule has 0 bridgehead atoms. The van der Waals surface area contributed by atoms with Gasteiger partial charge in [0, 0.05) is 18.0 Å². The number of ketones is 1. The first-order valence-electron chi connectivity index (χ1n) is 4.65. The van der Waals surface area contributed by atoms with E-state index in [1.54, 1.807) is 12.1 Å². The van der Waals surface area contributed by atoms with Crippen LogP contribution < -0.4 is 0 Å². The van der Waals surface area contributed by atoms with Crippen LogP contribution in [0.4, 0.5) is 0 Å². The third-order valence-electron chi connectivity index (χ3n) is 2.17. The van der Waals surface area contributed by atoms with Gasteiger partial charge < -0.3 is 10.2 Å². The van der Waals surface area contributed by atoms with Gasteiger partial charge in [-0.15, -0.1) is 0 Å². The van der Waals surface area contributed by atoms with E-state index in [4.69, 9.17) is 0 Å². The van der Waals surface area contributed by atoms with Gasteiger partial charge in [0.15, 0.2) is 5.78 Å². The molecule has 80 valence electrons. The van der Waals surface area contributed by atoms with Crippen LogP contribution in [0.25, 0.3) is 0 Å². The van der Waals surface area contributed by atoms with E-state index in [0.29, 0.717) is 5.56 Å². The fourth-order valence-electron chi connectivity index (χ4n) is 1.36. The van der Waals surface area contributed by atoms with E-state index in [1.807, 2.05) is 0 Å². The summed E-state index contributed by atoms with van der Waals surface area (Å²) in [5, 5.41) is 18.8. The molecule has 0 fully saturated rings. The summed E-state index contributed by atoms with van der Waals surface area (Å²) in [6.45, 7) is 0. The van der Waals surface area contributed by atoms with E-state index in [-0.39, 0.29) is 22.8 Å². The van der Waals surface area contributed by atoms with Crippen LogP contribution in [0, 0.1) is 0 Å². The quantitative estimate of drug-likeness (QED) is 0.591. The van der Waals surface area contributed by atoms with Gasteiger partial charge in [-0.3, -0.25) is 9.78 Å². The van der Waals surface area contributed by atoms with Crippen molar-refractivity contribution in [1.29, 1.82) is 0 Å². The smallest absolute Gasteiger partial charge is 0.196 e. The van der Waals surface area contributed by atoms with E-state index < -0.39 is 0 Å². The van der Waals surface area contributed by atoms with E-state index >= 15 is 0 Å². The van der Waals surface area contributed by atoms with E-state index in [1.165, 1.54) is 30.6 Å². The Hall–Kier alpha value is -2.36. The maximum atomic E-state index is 11.9. The van der Waals surface area contributed by atoms with Crippen molar-refractivity contribution < 1.29 is 15.0 Å². The van der Waals surface area contributed by atoms with Crippen LogP contribution in [0.1, 0.15) is 15.9 Å².